The Morgan fingerprint density at radius 1 is 1.33 bits per heavy atom. The maximum atomic E-state index is 5.47. The average molecular weight is 285 g/mol. The van der Waals surface area contributed by atoms with Crippen LogP contribution < -0.4 is 0 Å². The third-order valence-electron chi connectivity index (χ3n) is 4.46. The minimum Gasteiger partial charge on any atom is -0.359 e. The van der Waals surface area contributed by atoms with Crippen molar-refractivity contribution in [3.8, 4) is 11.4 Å². The second-order valence-corrected chi connectivity index (χ2v) is 6.87. The van der Waals surface area contributed by atoms with Gasteiger partial charge in [0.1, 0.15) is 5.69 Å². The minimum atomic E-state index is 0.472. The molecule has 3 rings (SSSR count). The molecule has 4 nitrogen and oxygen atoms in total. The van der Waals surface area contributed by atoms with Gasteiger partial charge in [0.2, 0.25) is 0 Å². The first-order chi connectivity index (χ1) is 10.0. The maximum Gasteiger partial charge on any atom is 0.151 e. The topological polar surface area (TPSA) is 42.2 Å². The van der Waals surface area contributed by atoms with Gasteiger partial charge < -0.3 is 4.52 Å². The van der Waals surface area contributed by atoms with Crippen molar-refractivity contribution in [3.63, 3.8) is 0 Å². The highest BCUT2D eigenvalue weighted by Crippen LogP contribution is 2.39. The monoisotopic (exact) mass is 285 g/mol. The van der Waals surface area contributed by atoms with Gasteiger partial charge in [-0.3, -0.25) is 9.88 Å². The molecule has 1 fully saturated rings. The molecule has 1 aliphatic carbocycles. The Balaban J connectivity index is 1.65. The molecule has 2 aromatic rings. The summed E-state index contributed by atoms with van der Waals surface area (Å²) in [6.07, 6.45) is 5.60. The predicted octanol–water partition coefficient (Wildman–Crippen LogP) is 3.75. The molecule has 112 valence electrons. The molecule has 1 aliphatic rings. The lowest BCUT2D eigenvalue weighted by atomic mass is 9.91. The van der Waals surface area contributed by atoms with Crippen LogP contribution in [0.25, 0.3) is 11.4 Å². The number of rotatable bonds is 4. The number of nitrogens with zero attached hydrogens (tertiary/aromatic N) is 3. The molecule has 0 N–H and O–H groups in total. The highest BCUT2D eigenvalue weighted by atomic mass is 16.5. The molecule has 0 aromatic carbocycles. The van der Waals surface area contributed by atoms with E-state index in [1.54, 1.807) is 6.20 Å². The molecule has 1 saturated carbocycles. The van der Waals surface area contributed by atoms with Crippen molar-refractivity contribution in [3.05, 3.63) is 36.2 Å². The Morgan fingerprint density at radius 3 is 2.86 bits per heavy atom. The molecular formula is C17H23N3O. The van der Waals surface area contributed by atoms with E-state index >= 15 is 0 Å². The molecule has 21 heavy (non-hydrogen) atoms. The Bertz CT molecular complexity index is 591. The average Bonchev–Trinajstić information content (AvgIpc) is 3.06. The van der Waals surface area contributed by atoms with Crippen LogP contribution >= 0.6 is 0 Å². The van der Waals surface area contributed by atoms with Gasteiger partial charge in [-0.2, -0.15) is 0 Å². The van der Waals surface area contributed by atoms with Crippen LogP contribution in [0.5, 0.6) is 0 Å². The van der Waals surface area contributed by atoms with E-state index < -0.39 is 0 Å². The summed E-state index contributed by atoms with van der Waals surface area (Å²) in [6, 6.07) is 8.45. The van der Waals surface area contributed by atoms with Crippen LogP contribution in [0.3, 0.4) is 0 Å². The Kier molecular flexibility index (Phi) is 3.81. The van der Waals surface area contributed by atoms with Gasteiger partial charge in [-0.25, -0.2) is 0 Å². The Hall–Kier alpha value is -1.68. The molecule has 1 atom stereocenters. The second kappa shape index (κ2) is 5.60. The van der Waals surface area contributed by atoms with E-state index in [1.165, 1.54) is 19.3 Å². The largest absolute Gasteiger partial charge is 0.359 e. The summed E-state index contributed by atoms with van der Waals surface area (Å²) in [7, 11) is 2.18. The highest BCUT2D eigenvalue weighted by molar-refractivity contribution is 5.52. The quantitative estimate of drug-likeness (QED) is 0.858. The number of aromatic nitrogens is 2. The van der Waals surface area contributed by atoms with Crippen molar-refractivity contribution >= 4 is 0 Å². The van der Waals surface area contributed by atoms with Gasteiger partial charge in [-0.05, 0) is 43.9 Å². The minimum absolute atomic E-state index is 0.472. The van der Waals surface area contributed by atoms with Crippen LogP contribution in [0, 0.1) is 5.41 Å². The molecule has 0 amide bonds. The molecule has 2 heterocycles. The number of hydrogen-bond donors (Lipinski definition) is 0. The summed E-state index contributed by atoms with van der Waals surface area (Å²) < 4.78 is 5.47. The lowest BCUT2D eigenvalue weighted by Gasteiger charge is -2.24. The van der Waals surface area contributed by atoms with Crippen molar-refractivity contribution in [1.82, 2.24) is 15.0 Å². The van der Waals surface area contributed by atoms with Crippen molar-refractivity contribution in [1.29, 1.82) is 0 Å². The van der Waals surface area contributed by atoms with E-state index in [-0.39, 0.29) is 0 Å². The molecular weight excluding hydrogens is 262 g/mol. The zero-order valence-corrected chi connectivity index (χ0v) is 13.0. The molecule has 0 aliphatic heterocycles. The fourth-order valence-electron chi connectivity index (χ4n) is 3.17. The van der Waals surface area contributed by atoms with Gasteiger partial charge in [0.15, 0.2) is 5.76 Å². The Morgan fingerprint density at radius 2 is 2.19 bits per heavy atom. The van der Waals surface area contributed by atoms with Crippen molar-refractivity contribution in [2.75, 3.05) is 7.05 Å². The normalized spacial score (nSPS) is 21.0. The van der Waals surface area contributed by atoms with Gasteiger partial charge in [-0.15, -0.1) is 0 Å². The molecule has 1 unspecified atom stereocenters. The lowest BCUT2D eigenvalue weighted by Crippen LogP contribution is -2.29. The molecule has 4 heteroatoms. The summed E-state index contributed by atoms with van der Waals surface area (Å²) in [6.45, 7) is 5.52. The standard InChI is InChI=1S/C17H23N3O/c1-17(2)8-7-13(11-17)20(3)12-14-10-16(19-21-14)15-6-4-5-9-18-15/h4-6,9-10,13H,7-8,11-12H2,1-3H3. The van der Waals surface area contributed by atoms with E-state index in [9.17, 15) is 0 Å². The van der Waals surface area contributed by atoms with E-state index in [2.05, 4.69) is 35.9 Å². The molecule has 2 aromatic heterocycles. The third-order valence-corrected chi connectivity index (χ3v) is 4.46. The van der Waals surface area contributed by atoms with Crippen LogP contribution in [-0.2, 0) is 6.54 Å². The summed E-state index contributed by atoms with van der Waals surface area (Å²) in [5.74, 6) is 0.905. The van der Waals surface area contributed by atoms with Crippen LogP contribution in [0.4, 0.5) is 0 Å². The van der Waals surface area contributed by atoms with Crippen LogP contribution in [0.15, 0.2) is 35.0 Å². The van der Waals surface area contributed by atoms with Gasteiger partial charge >= 0.3 is 0 Å². The van der Waals surface area contributed by atoms with E-state index in [1.807, 2.05) is 24.3 Å². The summed E-state index contributed by atoms with van der Waals surface area (Å²) in [5.41, 5.74) is 2.14. The second-order valence-electron chi connectivity index (χ2n) is 6.87. The first-order valence-corrected chi connectivity index (χ1v) is 7.61. The predicted molar refractivity (Wildman–Crippen MR) is 82.6 cm³/mol. The van der Waals surface area contributed by atoms with Gasteiger partial charge in [-0.1, -0.05) is 25.1 Å². The van der Waals surface area contributed by atoms with Crippen molar-refractivity contribution in [2.24, 2.45) is 5.41 Å². The zero-order valence-electron chi connectivity index (χ0n) is 13.0. The number of hydrogen-bond acceptors (Lipinski definition) is 4. The summed E-state index contributed by atoms with van der Waals surface area (Å²) in [5, 5.41) is 4.13. The fraction of sp³-hybridized carbons (Fsp3) is 0.529. The van der Waals surface area contributed by atoms with Crippen molar-refractivity contribution in [2.45, 2.75) is 45.7 Å². The maximum absolute atomic E-state index is 5.47. The zero-order chi connectivity index (χ0) is 14.9. The molecule has 0 spiro atoms. The highest BCUT2D eigenvalue weighted by Gasteiger charge is 2.33. The molecule has 0 radical (unpaired) electrons. The van der Waals surface area contributed by atoms with Gasteiger partial charge in [0.25, 0.3) is 0 Å². The fourth-order valence-corrected chi connectivity index (χ4v) is 3.17. The molecule has 0 saturated heterocycles. The van der Waals surface area contributed by atoms with Gasteiger partial charge in [0.05, 0.1) is 12.2 Å². The van der Waals surface area contributed by atoms with Crippen LogP contribution in [0.2, 0.25) is 0 Å². The van der Waals surface area contributed by atoms with Gasteiger partial charge in [0, 0.05) is 18.3 Å². The van der Waals surface area contributed by atoms with E-state index in [0.717, 1.165) is 23.7 Å². The summed E-state index contributed by atoms with van der Waals surface area (Å²) >= 11 is 0. The third kappa shape index (κ3) is 3.32. The first kappa shape index (κ1) is 14.3. The first-order valence-electron chi connectivity index (χ1n) is 7.61. The Labute approximate surface area is 126 Å². The lowest BCUT2D eigenvalue weighted by molar-refractivity contribution is 0.197. The summed E-state index contributed by atoms with van der Waals surface area (Å²) in [4.78, 5) is 6.69. The smallest absolute Gasteiger partial charge is 0.151 e. The van der Waals surface area contributed by atoms with Crippen molar-refractivity contribution < 1.29 is 4.52 Å². The van der Waals surface area contributed by atoms with Crippen LogP contribution in [-0.4, -0.2) is 28.1 Å². The molecule has 0 bridgehead atoms. The SMILES string of the molecule is CN(Cc1cc(-c2ccccn2)no1)C1CCC(C)(C)C1. The van der Waals surface area contributed by atoms with E-state index in [0.29, 0.717) is 11.5 Å². The van der Waals surface area contributed by atoms with Crippen LogP contribution in [0.1, 0.15) is 38.9 Å². The number of pyridine rings is 1. The van der Waals surface area contributed by atoms with E-state index in [4.69, 9.17) is 4.52 Å².